The predicted octanol–water partition coefficient (Wildman–Crippen LogP) is 11.0. The third kappa shape index (κ3) is 9.41. The summed E-state index contributed by atoms with van der Waals surface area (Å²) in [6.07, 6.45) is 34.8. The molecule has 2 nitrogen and oxygen atoms in total. The molecule has 3 rings (SSSR count). The molecule has 0 bridgehead atoms. The topological polar surface area (TPSA) is 18.5 Å². The van der Waals surface area contributed by atoms with E-state index in [4.69, 9.17) is 9.05 Å². The predicted molar refractivity (Wildman–Crippen MR) is 158 cm³/mol. The zero-order valence-corrected chi connectivity index (χ0v) is 24.7. The molecule has 3 aliphatic carbocycles. The highest BCUT2D eigenvalue weighted by Gasteiger charge is 2.36. The van der Waals surface area contributed by atoms with E-state index in [0.717, 1.165) is 23.9 Å². The molecule has 0 radical (unpaired) electrons. The molecule has 0 aromatic rings. The average Bonchev–Trinajstić information content (AvgIpc) is 3.23. The van der Waals surface area contributed by atoms with Crippen molar-refractivity contribution in [3.05, 3.63) is 72.3 Å². The third-order valence-corrected chi connectivity index (χ3v) is 10.1. The van der Waals surface area contributed by atoms with Crippen molar-refractivity contribution in [2.45, 2.75) is 111 Å². The van der Waals surface area contributed by atoms with Gasteiger partial charge in [0.1, 0.15) is 11.5 Å². The van der Waals surface area contributed by atoms with Gasteiger partial charge in [-0.25, -0.2) is 0 Å². The molecular formula is C33H51O2P. The molecule has 0 heterocycles. The van der Waals surface area contributed by atoms with Gasteiger partial charge in [0.05, 0.1) is 5.16 Å². The molecule has 0 aromatic carbocycles. The van der Waals surface area contributed by atoms with Gasteiger partial charge >= 0.3 is 0 Å². The summed E-state index contributed by atoms with van der Waals surface area (Å²) >= 11 is 0. The van der Waals surface area contributed by atoms with Crippen molar-refractivity contribution in [3.63, 3.8) is 0 Å². The Labute approximate surface area is 223 Å². The molecule has 1 fully saturated rings. The van der Waals surface area contributed by atoms with Crippen LogP contribution in [0.4, 0.5) is 0 Å². The molecule has 0 N–H and O–H groups in total. The molecule has 0 amide bonds. The Kier molecular flexibility index (Phi) is 11.2. The van der Waals surface area contributed by atoms with Gasteiger partial charge in [-0.3, -0.25) is 0 Å². The van der Waals surface area contributed by atoms with Gasteiger partial charge < -0.3 is 9.05 Å². The summed E-state index contributed by atoms with van der Waals surface area (Å²) in [4.78, 5) is 0. The molecule has 0 aliphatic heterocycles. The van der Waals surface area contributed by atoms with E-state index in [-0.39, 0.29) is 5.16 Å². The smallest absolute Gasteiger partial charge is 0.296 e. The van der Waals surface area contributed by atoms with Crippen molar-refractivity contribution in [1.82, 2.24) is 0 Å². The zero-order valence-electron chi connectivity index (χ0n) is 23.8. The Morgan fingerprint density at radius 3 is 2.06 bits per heavy atom. The molecule has 3 heteroatoms. The molecule has 1 saturated carbocycles. The third-order valence-electron chi connectivity index (χ3n) is 8.17. The largest absolute Gasteiger partial charge is 0.438 e. The van der Waals surface area contributed by atoms with Gasteiger partial charge in [0.25, 0.3) is 8.38 Å². The van der Waals surface area contributed by atoms with Crippen LogP contribution < -0.4 is 0 Å². The summed E-state index contributed by atoms with van der Waals surface area (Å²) < 4.78 is 13.2. The van der Waals surface area contributed by atoms with Gasteiger partial charge in [0.2, 0.25) is 0 Å². The van der Waals surface area contributed by atoms with E-state index in [1.807, 2.05) is 0 Å². The SMILES string of the molecule is CC1C=CC=C(OP(OC2=CC=C[C@H](C)C=C2)C(C)(C)CCCCCC2CCCCCC2(C)C)C=C1. The van der Waals surface area contributed by atoms with E-state index in [1.165, 1.54) is 57.8 Å². The minimum atomic E-state index is -1.16. The Morgan fingerprint density at radius 2 is 1.44 bits per heavy atom. The summed E-state index contributed by atoms with van der Waals surface area (Å²) in [7, 11) is -1.16. The number of hydrogen-bond donors (Lipinski definition) is 0. The monoisotopic (exact) mass is 510 g/mol. The summed E-state index contributed by atoms with van der Waals surface area (Å²) in [6.45, 7) is 14.0. The highest BCUT2D eigenvalue weighted by Crippen LogP contribution is 2.57. The average molecular weight is 511 g/mol. The van der Waals surface area contributed by atoms with Crippen LogP contribution in [0.15, 0.2) is 72.3 Å². The van der Waals surface area contributed by atoms with Gasteiger partial charge in [-0.15, -0.1) is 0 Å². The van der Waals surface area contributed by atoms with Crippen LogP contribution in [0.5, 0.6) is 0 Å². The van der Waals surface area contributed by atoms with Crippen molar-refractivity contribution in [3.8, 4) is 0 Å². The van der Waals surface area contributed by atoms with Gasteiger partial charge in [-0.05, 0) is 87.0 Å². The lowest BCUT2D eigenvalue weighted by Crippen LogP contribution is -2.23. The lowest BCUT2D eigenvalue weighted by Gasteiger charge is -2.34. The fraction of sp³-hybridized carbons (Fsp3) is 0.636. The van der Waals surface area contributed by atoms with E-state index < -0.39 is 8.38 Å². The molecule has 200 valence electrons. The fourth-order valence-corrected chi connectivity index (χ4v) is 6.96. The molecule has 3 aliphatic rings. The lowest BCUT2D eigenvalue weighted by molar-refractivity contribution is 0.180. The van der Waals surface area contributed by atoms with Crippen LogP contribution in [0.2, 0.25) is 0 Å². The molecule has 4 atom stereocenters. The summed E-state index contributed by atoms with van der Waals surface area (Å²) in [6, 6.07) is 0. The van der Waals surface area contributed by atoms with Crippen molar-refractivity contribution >= 4 is 8.38 Å². The number of allylic oxidation sites excluding steroid dienone is 10. The molecule has 0 aromatic heterocycles. The van der Waals surface area contributed by atoms with Crippen LogP contribution in [0.1, 0.15) is 106 Å². The lowest BCUT2D eigenvalue weighted by atomic mass is 9.73. The van der Waals surface area contributed by atoms with E-state index in [1.54, 1.807) is 0 Å². The van der Waals surface area contributed by atoms with Crippen molar-refractivity contribution in [2.24, 2.45) is 23.2 Å². The maximum Gasteiger partial charge on any atom is 0.296 e. The van der Waals surface area contributed by atoms with Crippen molar-refractivity contribution in [2.75, 3.05) is 0 Å². The van der Waals surface area contributed by atoms with Gasteiger partial charge in [-0.2, -0.15) is 0 Å². The van der Waals surface area contributed by atoms with E-state index in [9.17, 15) is 0 Å². The van der Waals surface area contributed by atoms with E-state index >= 15 is 0 Å². The van der Waals surface area contributed by atoms with Gasteiger partial charge in [-0.1, -0.05) is 103 Å². The van der Waals surface area contributed by atoms with Crippen molar-refractivity contribution in [1.29, 1.82) is 0 Å². The Morgan fingerprint density at radius 1 is 0.833 bits per heavy atom. The fourth-order valence-electron chi connectivity index (χ4n) is 5.46. The van der Waals surface area contributed by atoms with Crippen LogP contribution in [-0.2, 0) is 9.05 Å². The standard InChI is InChI=1S/C33H51O2P/c1-27-15-13-19-30(23-21-27)34-36(35-31-20-14-16-28(2)22-24-31)33(5,6)26-12-8-10-18-29-17-9-7-11-25-32(29,3)4/h13-16,19-24,27-29H,7-12,17-18,25-26H2,1-6H3/t27-,28?,29?,36?/m0/s1. The van der Waals surface area contributed by atoms with Crippen LogP contribution in [0.3, 0.4) is 0 Å². The summed E-state index contributed by atoms with van der Waals surface area (Å²) in [5.74, 6) is 3.52. The zero-order chi connectivity index (χ0) is 26.0. The van der Waals surface area contributed by atoms with Crippen LogP contribution in [0, 0.1) is 23.2 Å². The minimum Gasteiger partial charge on any atom is -0.438 e. The Hall–Kier alpha value is -1.53. The normalized spacial score (nSPS) is 26.9. The quantitative estimate of drug-likeness (QED) is 0.156. The highest BCUT2D eigenvalue weighted by molar-refractivity contribution is 7.49. The molecule has 0 saturated heterocycles. The minimum absolute atomic E-state index is 0.0520. The Bertz CT molecular complexity index is 824. The van der Waals surface area contributed by atoms with E-state index in [2.05, 4.69) is 102 Å². The first kappa shape index (κ1) is 29.0. The molecule has 0 spiro atoms. The van der Waals surface area contributed by atoms with Crippen LogP contribution in [0.25, 0.3) is 0 Å². The molecule has 3 unspecified atom stereocenters. The number of unbranched alkanes of at least 4 members (excludes halogenated alkanes) is 2. The van der Waals surface area contributed by atoms with Gasteiger partial charge in [0.15, 0.2) is 0 Å². The molecular weight excluding hydrogens is 459 g/mol. The number of hydrogen-bond acceptors (Lipinski definition) is 2. The summed E-state index contributed by atoms with van der Waals surface area (Å²) in [5.41, 5.74) is 0.517. The highest BCUT2D eigenvalue weighted by atomic mass is 31.2. The first-order valence-corrected chi connectivity index (χ1v) is 15.6. The van der Waals surface area contributed by atoms with Crippen molar-refractivity contribution < 1.29 is 9.05 Å². The maximum absolute atomic E-state index is 6.62. The number of rotatable bonds is 11. The summed E-state index contributed by atoms with van der Waals surface area (Å²) in [5, 5.41) is -0.0520. The van der Waals surface area contributed by atoms with Crippen LogP contribution in [-0.4, -0.2) is 5.16 Å². The van der Waals surface area contributed by atoms with E-state index in [0.29, 0.717) is 17.3 Å². The maximum atomic E-state index is 6.62. The second-order valence-electron chi connectivity index (χ2n) is 12.5. The second-order valence-corrected chi connectivity index (χ2v) is 14.6. The first-order valence-electron chi connectivity index (χ1n) is 14.5. The molecule has 36 heavy (non-hydrogen) atoms. The van der Waals surface area contributed by atoms with Crippen LogP contribution >= 0.6 is 8.38 Å². The Balaban J connectivity index is 1.60. The first-order chi connectivity index (χ1) is 17.2. The van der Waals surface area contributed by atoms with Gasteiger partial charge in [0, 0.05) is 0 Å². The second kappa shape index (κ2) is 13.9.